The number of fused-ring (bicyclic) bond motifs is 1. The predicted octanol–water partition coefficient (Wildman–Crippen LogP) is 5.02. The van der Waals surface area contributed by atoms with Gasteiger partial charge in [0.15, 0.2) is 0 Å². The molecule has 0 radical (unpaired) electrons. The van der Waals surface area contributed by atoms with Crippen molar-refractivity contribution in [2.24, 2.45) is 7.05 Å². The van der Waals surface area contributed by atoms with E-state index in [2.05, 4.69) is 16.4 Å². The molecule has 0 spiro atoms. The van der Waals surface area contributed by atoms with Gasteiger partial charge in [-0.15, -0.1) is 16.7 Å². The highest BCUT2D eigenvalue weighted by Gasteiger charge is 2.13. The Labute approximate surface area is 174 Å². The molecule has 0 aliphatic carbocycles. The summed E-state index contributed by atoms with van der Waals surface area (Å²) in [7, 11) is 3.54. The van der Waals surface area contributed by atoms with Crippen molar-refractivity contribution in [3.8, 4) is 5.75 Å². The molecule has 6 heteroatoms. The van der Waals surface area contributed by atoms with E-state index in [0.29, 0.717) is 13.2 Å². The van der Waals surface area contributed by atoms with E-state index >= 15 is 0 Å². The van der Waals surface area contributed by atoms with E-state index in [9.17, 15) is 0 Å². The zero-order valence-corrected chi connectivity index (χ0v) is 17.1. The Morgan fingerprint density at radius 2 is 1.69 bits per heavy atom. The maximum absolute atomic E-state index is 6.76. The van der Waals surface area contributed by atoms with Gasteiger partial charge in [-0.25, -0.2) is 4.68 Å². The summed E-state index contributed by atoms with van der Waals surface area (Å²) in [6.45, 7) is 1.06. The van der Waals surface area contributed by atoms with E-state index in [4.69, 9.17) is 21.1 Å². The molecule has 0 amide bonds. The summed E-state index contributed by atoms with van der Waals surface area (Å²) in [5, 5.41) is 7.97. The molecule has 1 aromatic heterocycles. The van der Waals surface area contributed by atoms with E-state index in [1.807, 2.05) is 67.7 Å². The molecular formula is C23H22ClN3O2. The minimum absolute atomic E-state index is 0.261. The fourth-order valence-corrected chi connectivity index (χ4v) is 3.53. The second-order valence-corrected chi connectivity index (χ2v) is 7.35. The highest BCUT2D eigenvalue weighted by Crippen LogP contribution is 2.31. The van der Waals surface area contributed by atoms with Crippen molar-refractivity contribution in [1.29, 1.82) is 0 Å². The van der Waals surface area contributed by atoms with Crippen LogP contribution in [0.1, 0.15) is 27.6 Å². The van der Waals surface area contributed by atoms with E-state index in [-0.39, 0.29) is 5.38 Å². The first-order valence-corrected chi connectivity index (χ1v) is 9.80. The second kappa shape index (κ2) is 8.64. The minimum atomic E-state index is -0.261. The third-order valence-corrected chi connectivity index (χ3v) is 5.37. The summed E-state index contributed by atoms with van der Waals surface area (Å²) >= 11 is 6.76. The lowest BCUT2D eigenvalue weighted by Gasteiger charge is -2.12. The normalized spacial score (nSPS) is 12.2. The van der Waals surface area contributed by atoms with Gasteiger partial charge in [-0.2, -0.15) is 0 Å². The van der Waals surface area contributed by atoms with Gasteiger partial charge in [-0.1, -0.05) is 47.7 Å². The molecule has 0 aliphatic heterocycles. The zero-order valence-electron chi connectivity index (χ0n) is 16.4. The summed E-state index contributed by atoms with van der Waals surface area (Å²) in [6, 6.07) is 22.1. The molecule has 0 saturated carbocycles. The maximum atomic E-state index is 6.76. The molecule has 3 aromatic carbocycles. The van der Waals surface area contributed by atoms with Crippen molar-refractivity contribution >= 4 is 22.6 Å². The van der Waals surface area contributed by atoms with E-state index < -0.39 is 0 Å². The summed E-state index contributed by atoms with van der Waals surface area (Å²) in [5.74, 6) is 0.842. The minimum Gasteiger partial charge on any atom is -0.497 e. The smallest absolute Gasteiger partial charge is 0.118 e. The first kappa shape index (κ1) is 19.4. The van der Waals surface area contributed by atoms with Gasteiger partial charge in [-0.05, 0) is 46.5 Å². The topological polar surface area (TPSA) is 49.2 Å². The number of hydrogen-bond donors (Lipinski definition) is 0. The maximum Gasteiger partial charge on any atom is 0.118 e. The Morgan fingerprint density at radius 3 is 2.48 bits per heavy atom. The lowest BCUT2D eigenvalue weighted by atomic mass is 10.0. The van der Waals surface area contributed by atoms with Gasteiger partial charge in [0.05, 0.1) is 31.2 Å². The summed E-state index contributed by atoms with van der Waals surface area (Å²) in [4.78, 5) is 0. The first-order chi connectivity index (χ1) is 14.1. The molecule has 0 N–H and O–H groups in total. The number of halogens is 1. The Hall–Kier alpha value is -2.89. The van der Waals surface area contributed by atoms with Crippen molar-refractivity contribution in [2.45, 2.75) is 18.6 Å². The molecule has 5 nitrogen and oxygen atoms in total. The molecule has 0 saturated heterocycles. The molecule has 4 aromatic rings. The van der Waals surface area contributed by atoms with Gasteiger partial charge in [0.2, 0.25) is 0 Å². The van der Waals surface area contributed by atoms with Crippen LogP contribution in [0, 0.1) is 0 Å². The summed E-state index contributed by atoms with van der Waals surface area (Å²) in [5.41, 5.74) is 6.04. The van der Waals surface area contributed by atoms with Gasteiger partial charge in [-0.3, -0.25) is 0 Å². The van der Waals surface area contributed by atoms with Crippen molar-refractivity contribution in [2.75, 3.05) is 7.11 Å². The molecule has 0 fully saturated rings. The molecule has 1 heterocycles. The van der Waals surface area contributed by atoms with E-state index in [1.165, 1.54) is 0 Å². The monoisotopic (exact) mass is 407 g/mol. The van der Waals surface area contributed by atoms with E-state index in [1.54, 1.807) is 11.8 Å². The number of alkyl halides is 1. The average Bonchev–Trinajstić information content (AvgIpc) is 3.14. The quantitative estimate of drug-likeness (QED) is 0.403. The van der Waals surface area contributed by atoms with Gasteiger partial charge in [0.1, 0.15) is 11.3 Å². The number of benzene rings is 3. The first-order valence-electron chi connectivity index (χ1n) is 9.37. The number of aryl methyl sites for hydroxylation is 1. The van der Waals surface area contributed by atoms with Crippen molar-refractivity contribution in [1.82, 2.24) is 15.0 Å². The molecule has 1 atom stereocenters. The molecule has 148 valence electrons. The van der Waals surface area contributed by atoms with Crippen LogP contribution in [0.25, 0.3) is 11.0 Å². The Kier molecular flexibility index (Phi) is 5.79. The number of ether oxygens (including phenoxy) is 2. The fourth-order valence-electron chi connectivity index (χ4n) is 3.26. The number of aromatic nitrogens is 3. The zero-order chi connectivity index (χ0) is 20.2. The van der Waals surface area contributed by atoms with Gasteiger partial charge >= 0.3 is 0 Å². The standard InChI is InChI=1S/C23H22ClN3O2/c1-27-22-11-8-19(13-21(22)25-26-27)23(24)18-5-3-4-17(12-18)15-29-14-16-6-9-20(28-2)10-7-16/h3-13,23H,14-15H2,1-2H3. The largest absolute Gasteiger partial charge is 0.497 e. The molecular weight excluding hydrogens is 386 g/mol. The van der Waals surface area contributed by atoms with Crippen molar-refractivity contribution < 1.29 is 9.47 Å². The lowest BCUT2D eigenvalue weighted by molar-refractivity contribution is 0.107. The number of hydrogen-bond acceptors (Lipinski definition) is 4. The average molecular weight is 408 g/mol. The van der Waals surface area contributed by atoms with Crippen LogP contribution in [0.3, 0.4) is 0 Å². The van der Waals surface area contributed by atoms with Gasteiger partial charge < -0.3 is 9.47 Å². The van der Waals surface area contributed by atoms with Crippen LogP contribution in [-0.2, 0) is 25.0 Å². The molecule has 29 heavy (non-hydrogen) atoms. The highest BCUT2D eigenvalue weighted by molar-refractivity contribution is 6.22. The Balaban J connectivity index is 1.42. The second-order valence-electron chi connectivity index (χ2n) is 6.91. The number of nitrogens with zero attached hydrogens (tertiary/aromatic N) is 3. The van der Waals surface area contributed by atoms with Crippen LogP contribution in [0.5, 0.6) is 5.75 Å². The summed E-state index contributed by atoms with van der Waals surface area (Å²) < 4.78 is 12.8. The van der Waals surface area contributed by atoms with Crippen LogP contribution in [0.15, 0.2) is 66.7 Å². The van der Waals surface area contributed by atoms with Crippen LogP contribution in [0.2, 0.25) is 0 Å². The SMILES string of the molecule is COc1ccc(COCc2cccc(C(Cl)c3ccc4c(c3)nnn4C)c2)cc1. The predicted molar refractivity (Wildman–Crippen MR) is 114 cm³/mol. The van der Waals surface area contributed by atoms with Gasteiger partial charge in [0.25, 0.3) is 0 Å². The number of methoxy groups -OCH3 is 1. The van der Waals surface area contributed by atoms with Gasteiger partial charge in [0, 0.05) is 7.05 Å². The van der Waals surface area contributed by atoms with Crippen LogP contribution in [-0.4, -0.2) is 22.1 Å². The van der Waals surface area contributed by atoms with Crippen LogP contribution < -0.4 is 4.74 Å². The molecule has 0 aliphatic rings. The van der Waals surface area contributed by atoms with Crippen molar-refractivity contribution in [3.05, 3.63) is 89.0 Å². The molecule has 4 rings (SSSR count). The molecule has 1 unspecified atom stereocenters. The fraction of sp³-hybridized carbons (Fsp3) is 0.217. The molecule has 0 bridgehead atoms. The van der Waals surface area contributed by atoms with E-state index in [0.717, 1.165) is 39.0 Å². The number of rotatable bonds is 7. The van der Waals surface area contributed by atoms with Crippen LogP contribution in [0.4, 0.5) is 0 Å². The Bertz CT molecular complexity index is 1110. The Morgan fingerprint density at radius 1 is 0.931 bits per heavy atom. The third-order valence-electron chi connectivity index (χ3n) is 4.87. The lowest BCUT2D eigenvalue weighted by Crippen LogP contribution is -1.98. The summed E-state index contributed by atoms with van der Waals surface area (Å²) in [6.07, 6.45) is 0. The van der Waals surface area contributed by atoms with Crippen LogP contribution >= 0.6 is 11.6 Å². The van der Waals surface area contributed by atoms with Crippen molar-refractivity contribution in [3.63, 3.8) is 0 Å². The third kappa shape index (κ3) is 4.42. The highest BCUT2D eigenvalue weighted by atomic mass is 35.5.